The number of nitrogens with zero attached hydrogens (tertiary/aromatic N) is 1. The first-order valence-corrected chi connectivity index (χ1v) is 15.0. The molecule has 0 radical (unpaired) electrons. The van der Waals surface area contributed by atoms with Gasteiger partial charge in [-0.25, -0.2) is 4.79 Å². The predicted molar refractivity (Wildman–Crippen MR) is 170 cm³/mol. The molecule has 0 spiro atoms. The molecule has 0 saturated heterocycles. The monoisotopic (exact) mass is 663 g/mol. The SMILES string of the molecule is O=C(NCc1cccc(O)c1)c1cc(Cl)c(C(=O)C[C@H](NC(=O)c2cc3ccccc3n2C(=O)c2cccs2)C(=O)O)c(Cl)c1. The topological polar surface area (TPSA) is 155 Å². The van der Waals surface area contributed by atoms with Gasteiger partial charge < -0.3 is 20.8 Å². The van der Waals surface area contributed by atoms with Crippen molar-refractivity contribution in [2.75, 3.05) is 0 Å². The first-order chi connectivity index (χ1) is 21.5. The van der Waals surface area contributed by atoms with E-state index in [1.807, 2.05) is 0 Å². The van der Waals surface area contributed by atoms with Crippen LogP contribution in [0.25, 0.3) is 10.9 Å². The van der Waals surface area contributed by atoms with Gasteiger partial charge in [-0.2, -0.15) is 0 Å². The van der Waals surface area contributed by atoms with E-state index in [1.165, 1.54) is 46.2 Å². The Bertz CT molecular complexity index is 1950. The van der Waals surface area contributed by atoms with Crippen LogP contribution in [0.2, 0.25) is 10.0 Å². The molecule has 4 N–H and O–H groups in total. The Kier molecular flexibility index (Phi) is 9.33. The van der Waals surface area contributed by atoms with E-state index in [-0.39, 0.29) is 39.2 Å². The number of Topliss-reactive ketones (excluding diaryl/α,β-unsaturated/α-hetero) is 1. The maximum Gasteiger partial charge on any atom is 0.326 e. The van der Waals surface area contributed by atoms with Gasteiger partial charge in [0.15, 0.2) is 5.78 Å². The van der Waals surface area contributed by atoms with Crippen molar-refractivity contribution in [3.05, 3.63) is 122 Å². The fourth-order valence-electron chi connectivity index (χ4n) is 4.69. The lowest BCUT2D eigenvalue weighted by atomic mass is 10.0. The average molecular weight is 665 g/mol. The van der Waals surface area contributed by atoms with E-state index in [9.17, 15) is 34.2 Å². The number of ketones is 1. The van der Waals surface area contributed by atoms with Gasteiger partial charge in [-0.3, -0.25) is 23.7 Å². The third-order valence-electron chi connectivity index (χ3n) is 6.82. The van der Waals surface area contributed by atoms with E-state index in [0.29, 0.717) is 21.3 Å². The van der Waals surface area contributed by atoms with Crippen LogP contribution >= 0.6 is 34.5 Å². The number of aliphatic carboxylic acids is 1. The minimum atomic E-state index is -1.70. The standard InChI is InChI=1S/C32H23Cl2N3O7S/c33-21-12-19(29(40)35-16-17-5-3-7-20(38)11-17)13-22(34)28(21)26(39)15-23(32(43)44)36-30(41)25-14-18-6-1-2-8-24(18)37(25)31(42)27-9-4-10-45-27/h1-14,23,38H,15-16H2,(H,35,40)(H,36,41)(H,43,44)/t23-/m0/s1. The summed E-state index contributed by atoms with van der Waals surface area (Å²) in [6.45, 7) is 0.0982. The molecule has 2 amide bonds. The van der Waals surface area contributed by atoms with Gasteiger partial charge in [0.2, 0.25) is 0 Å². The number of phenolic OH excluding ortho intramolecular Hbond substituents is 1. The predicted octanol–water partition coefficient (Wildman–Crippen LogP) is 5.79. The number of para-hydroxylation sites is 1. The number of carboxylic acids is 1. The third-order valence-corrected chi connectivity index (χ3v) is 8.27. The number of benzene rings is 3. The number of amides is 2. The molecule has 13 heteroatoms. The van der Waals surface area contributed by atoms with Crippen LogP contribution in [0.1, 0.15) is 52.9 Å². The molecule has 2 heterocycles. The van der Waals surface area contributed by atoms with Gasteiger partial charge in [-0.05, 0) is 53.4 Å². The highest BCUT2D eigenvalue weighted by molar-refractivity contribution is 7.12. The Balaban J connectivity index is 1.34. The van der Waals surface area contributed by atoms with Crippen molar-refractivity contribution in [1.29, 1.82) is 0 Å². The Morgan fingerprint density at radius 1 is 0.867 bits per heavy atom. The summed E-state index contributed by atoms with van der Waals surface area (Å²) >= 11 is 13.9. The number of carbonyl (C=O) groups is 5. The number of halogens is 2. The molecule has 3 aromatic carbocycles. The fraction of sp³-hybridized carbons (Fsp3) is 0.0938. The van der Waals surface area contributed by atoms with Gasteiger partial charge in [-0.1, -0.05) is 59.6 Å². The molecular weight excluding hydrogens is 641 g/mol. The maximum atomic E-state index is 13.4. The summed E-state index contributed by atoms with van der Waals surface area (Å²) in [5.41, 5.74) is 0.822. The third kappa shape index (κ3) is 6.91. The minimum absolute atomic E-state index is 0.0424. The summed E-state index contributed by atoms with van der Waals surface area (Å²) in [6, 6.07) is 18.7. The zero-order chi connectivity index (χ0) is 32.2. The van der Waals surface area contributed by atoms with Crippen molar-refractivity contribution >= 4 is 74.9 Å². The quantitative estimate of drug-likeness (QED) is 0.138. The molecule has 1 atom stereocenters. The molecule has 0 saturated carbocycles. The number of fused-ring (bicyclic) bond motifs is 1. The average Bonchev–Trinajstić information content (AvgIpc) is 3.68. The van der Waals surface area contributed by atoms with Gasteiger partial charge in [0.05, 0.1) is 26.0 Å². The minimum Gasteiger partial charge on any atom is -0.508 e. The Morgan fingerprint density at radius 2 is 1.60 bits per heavy atom. The van der Waals surface area contributed by atoms with E-state index in [4.69, 9.17) is 23.2 Å². The molecule has 0 unspecified atom stereocenters. The molecule has 0 bridgehead atoms. The van der Waals surface area contributed by atoms with E-state index < -0.39 is 41.9 Å². The number of hydrogen-bond donors (Lipinski definition) is 4. The van der Waals surface area contributed by atoms with Crippen LogP contribution in [-0.2, 0) is 11.3 Å². The molecule has 0 aliphatic heterocycles. The molecule has 228 valence electrons. The molecule has 0 aliphatic carbocycles. The summed E-state index contributed by atoms with van der Waals surface area (Å²) in [5, 5.41) is 26.4. The first kappa shape index (κ1) is 31.5. The Labute approximate surface area is 269 Å². The number of hydrogen-bond acceptors (Lipinski definition) is 7. The number of aromatic nitrogens is 1. The van der Waals surface area contributed by atoms with Crippen LogP contribution in [0.4, 0.5) is 0 Å². The van der Waals surface area contributed by atoms with Gasteiger partial charge in [0.25, 0.3) is 17.7 Å². The zero-order valence-corrected chi connectivity index (χ0v) is 25.4. The lowest BCUT2D eigenvalue weighted by Gasteiger charge is -2.16. The first-order valence-electron chi connectivity index (χ1n) is 13.3. The number of carbonyl (C=O) groups excluding carboxylic acids is 4. The van der Waals surface area contributed by atoms with Crippen LogP contribution in [0.15, 0.2) is 84.2 Å². The second kappa shape index (κ2) is 13.3. The van der Waals surface area contributed by atoms with E-state index in [2.05, 4.69) is 10.6 Å². The Hall–Kier alpha value is -4.97. The fourth-order valence-corrected chi connectivity index (χ4v) is 6.04. The number of thiophene rings is 1. The van der Waals surface area contributed by atoms with Crippen LogP contribution < -0.4 is 10.6 Å². The van der Waals surface area contributed by atoms with E-state index >= 15 is 0 Å². The molecule has 2 aromatic heterocycles. The molecule has 45 heavy (non-hydrogen) atoms. The molecule has 0 fully saturated rings. The van der Waals surface area contributed by atoms with Gasteiger partial charge >= 0.3 is 5.97 Å². The second-order valence-corrected chi connectivity index (χ2v) is 11.6. The molecule has 5 rings (SSSR count). The molecular formula is C32H23Cl2N3O7S. The summed E-state index contributed by atoms with van der Waals surface area (Å²) in [5.74, 6) is -4.15. The lowest BCUT2D eigenvalue weighted by molar-refractivity contribution is -0.139. The highest BCUT2D eigenvalue weighted by Crippen LogP contribution is 2.29. The van der Waals surface area contributed by atoms with Crippen LogP contribution in [0, 0.1) is 0 Å². The van der Waals surface area contributed by atoms with Crippen molar-refractivity contribution in [2.45, 2.75) is 19.0 Å². The number of nitrogens with one attached hydrogen (secondary N) is 2. The summed E-state index contributed by atoms with van der Waals surface area (Å²) in [6.07, 6.45) is -0.720. The van der Waals surface area contributed by atoms with Crippen molar-refractivity contribution in [2.24, 2.45) is 0 Å². The van der Waals surface area contributed by atoms with E-state index in [0.717, 1.165) is 0 Å². The van der Waals surface area contributed by atoms with Crippen molar-refractivity contribution in [3.8, 4) is 5.75 Å². The van der Waals surface area contributed by atoms with Gasteiger partial charge in [0, 0.05) is 23.9 Å². The Morgan fingerprint density at radius 3 is 2.27 bits per heavy atom. The van der Waals surface area contributed by atoms with Gasteiger partial charge in [0.1, 0.15) is 17.5 Å². The van der Waals surface area contributed by atoms with Crippen LogP contribution in [0.5, 0.6) is 5.75 Å². The van der Waals surface area contributed by atoms with E-state index in [1.54, 1.807) is 53.9 Å². The lowest BCUT2D eigenvalue weighted by Crippen LogP contribution is -2.43. The van der Waals surface area contributed by atoms with Crippen molar-refractivity contribution < 1.29 is 34.2 Å². The molecule has 10 nitrogen and oxygen atoms in total. The largest absolute Gasteiger partial charge is 0.508 e. The molecule has 0 aliphatic rings. The number of phenols is 1. The summed E-state index contributed by atoms with van der Waals surface area (Å²) in [7, 11) is 0. The smallest absolute Gasteiger partial charge is 0.326 e. The second-order valence-electron chi connectivity index (χ2n) is 9.87. The van der Waals surface area contributed by atoms with Crippen LogP contribution in [-0.4, -0.2) is 50.3 Å². The van der Waals surface area contributed by atoms with Crippen molar-refractivity contribution in [3.63, 3.8) is 0 Å². The summed E-state index contributed by atoms with van der Waals surface area (Å²) in [4.78, 5) is 65.2. The highest BCUT2D eigenvalue weighted by Gasteiger charge is 2.30. The number of aromatic hydroxyl groups is 1. The normalized spacial score (nSPS) is 11.6. The zero-order valence-electron chi connectivity index (χ0n) is 23.1. The van der Waals surface area contributed by atoms with Crippen molar-refractivity contribution in [1.82, 2.24) is 15.2 Å². The number of carboxylic acid groups (broad SMARTS) is 1. The number of rotatable bonds is 10. The van der Waals surface area contributed by atoms with Crippen LogP contribution in [0.3, 0.4) is 0 Å². The summed E-state index contributed by atoms with van der Waals surface area (Å²) < 4.78 is 1.20. The highest BCUT2D eigenvalue weighted by atomic mass is 35.5. The maximum absolute atomic E-state index is 13.4. The van der Waals surface area contributed by atoms with Gasteiger partial charge in [-0.15, -0.1) is 11.3 Å². The molecule has 5 aromatic rings.